The summed E-state index contributed by atoms with van der Waals surface area (Å²) < 4.78 is 17.2. The predicted molar refractivity (Wildman–Crippen MR) is 137 cm³/mol. The van der Waals surface area contributed by atoms with E-state index in [1.807, 2.05) is 4.90 Å². The summed E-state index contributed by atoms with van der Waals surface area (Å²) in [7, 11) is 3.49. The van der Waals surface area contributed by atoms with Crippen molar-refractivity contribution >= 4 is 11.8 Å². The molecule has 5 rings (SSSR count). The van der Waals surface area contributed by atoms with Gasteiger partial charge in [-0.25, -0.2) is 5.32 Å². The Kier molecular flexibility index (Phi) is 9.04. The van der Waals surface area contributed by atoms with E-state index in [0.29, 0.717) is 18.9 Å². The van der Waals surface area contributed by atoms with Crippen LogP contribution in [0.25, 0.3) is 0 Å². The van der Waals surface area contributed by atoms with E-state index in [-0.39, 0.29) is 60.5 Å². The maximum absolute atomic E-state index is 13.6. The maximum Gasteiger partial charge on any atom is 0.234 e. The number of hydrogen-bond acceptors (Lipinski definition) is 7. The van der Waals surface area contributed by atoms with Crippen molar-refractivity contribution in [3.05, 3.63) is 0 Å². The molecule has 0 spiro atoms. The molecule has 4 aliphatic heterocycles. The lowest BCUT2D eigenvalue weighted by Crippen LogP contribution is -3.26. The molecule has 9 unspecified atom stereocenters. The van der Waals surface area contributed by atoms with Gasteiger partial charge >= 0.3 is 0 Å². The average Bonchev–Trinajstić information content (AvgIpc) is 3.43. The van der Waals surface area contributed by atoms with Crippen LogP contribution in [0.2, 0.25) is 0 Å². The molecule has 4 saturated heterocycles. The Labute approximate surface area is 221 Å². The van der Waals surface area contributed by atoms with E-state index in [9.17, 15) is 9.59 Å². The smallest absolute Gasteiger partial charge is 0.234 e. The fraction of sp³-hybridized carbons (Fsp3) is 0.926. The van der Waals surface area contributed by atoms with Crippen molar-refractivity contribution in [1.29, 1.82) is 0 Å². The summed E-state index contributed by atoms with van der Waals surface area (Å²) in [6.45, 7) is 2.94. The van der Waals surface area contributed by atoms with Crippen LogP contribution in [0.4, 0.5) is 0 Å². The Morgan fingerprint density at radius 1 is 1.14 bits per heavy atom. The summed E-state index contributed by atoms with van der Waals surface area (Å²) in [4.78, 5) is 30.2. The van der Waals surface area contributed by atoms with Gasteiger partial charge in [0.25, 0.3) is 0 Å². The molecule has 0 aromatic rings. The summed E-state index contributed by atoms with van der Waals surface area (Å²) in [5.74, 6) is 0.0679. The van der Waals surface area contributed by atoms with E-state index in [2.05, 4.69) is 10.6 Å². The number of piperidine rings is 2. The Bertz CT molecular complexity index is 795. The van der Waals surface area contributed by atoms with Crippen LogP contribution in [-0.4, -0.2) is 94.0 Å². The lowest BCUT2D eigenvalue weighted by molar-refractivity contribution is -0.967. The number of nitrogens with zero attached hydrogens (tertiary/aromatic N) is 1. The summed E-state index contributed by atoms with van der Waals surface area (Å²) in [6.07, 6.45) is 9.75. The van der Waals surface area contributed by atoms with Gasteiger partial charge in [0, 0.05) is 33.9 Å². The van der Waals surface area contributed by atoms with Gasteiger partial charge in [-0.15, -0.1) is 0 Å². The highest BCUT2D eigenvalue weighted by Gasteiger charge is 2.55. The molecule has 5 aliphatic rings. The highest BCUT2D eigenvalue weighted by atomic mass is 16.5. The van der Waals surface area contributed by atoms with E-state index >= 15 is 0 Å². The normalized spacial score (nSPS) is 42.2. The lowest BCUT2D eigenvalue weighted by Gasteiger charge is -2.53. The van der Waals surface area contributed by atoms with E-state index in [1.165, 1.54) is 0 Å². The zero-order valence-electron chi connectivity index (χ0n) is 22.7. The number of hydrogen-bond donors (Lipinski definition) is 4. The molecule has 0 aromatic heterocycles. The first kappa shape index (κ1) is 27.3. The van der Waals surface area contributed by atoms with Crippen molar-refractivity contribution in [3.8, 4) is 0 Å². The van der Waals surface area contributed by atoms with Gasteiger partial charge < -0.3 is 29.3 Å². The third kappa shape index (κ3) is 5.84. The number of likely N-dealkylation sites (tertiary alicyclic amines) is 1. The van der Waals surface area contributed by atoms with Gasteiger partial charge in [0.1, 0.15) is 24.5 Å². The quantitative estimate of drug-likeness (QED) is 0.342. The first-order valence-corrected chi connectivity index (χ1v) is 14.6. The molecule has 1 saturated carbocycles. The fourth-order valence-electron chi connectivity index (χ4n) is 7.63. The lowest BCUT2D eigenvalue weighted by atomic mass is 9.80. The predicted octanol–water partition coefficient (Wildman–Crippen LogP) is -0.424. The number of rotatable bonds is 8. The number of amides is 2. The molecule has 1 aliphatic carbocycles. The molecule has 5 fully saturated rings. The Hall–Kier alpha value is -1.30. The molecule has 2 amide bonds. The molecule has 0 radical (unpaired) electrons. The van der Waals surface area contributed by atoms with Crippen molar-refractivity contribution in [2.24, 2.45) is 23.5 Å². The molecule has 10 nitrogen and oxygen atoms in total. The largest absolute Gasteiger partial charge is 0.379 e. The third-order valence-corrected chi connectivity index (χ3v) is 9.77. The topological polar surface area (TPSA) is 120 Å². The Balaban J connectivity index is 1.22. The highest BCUT2D eigenvalue weighted by molar-refractivity contribution is 5.83. The van der Waals surface area contributed by atoms with Crippen LogP contribution in [-0.2, 0) is 23.8 Å². The standard InChI is InChI=1S/C27H47N5O5/c1-35-21-9-8-17(14-22(21)36-2)10-11-29-26(33)19-15-20-25(30-23-7-3-4-12-31(23)27(20)34)32(24(19)28)16-18-6-5-13-37-18/h17-25,30H,3-16,28H2,1-2H3,(H,29,33)/p+1/t17?,18-,19?,20?,21?,22?,23?,24?,25?/m1/s1. The molecule has 210 valence electrons. The average molecular weight is 523 g/mol. The molecule has 0 bridgehead atoms. The number of methoxy groups -OCH3 is 2. The number of carbonyl (C=O) groups is 2. The minimum atomic E-state index is -0.388. The first-order valence-electron chi connectivity index (χ1n) is 14.6. The van der Waals surface area contributed by atoms with Crippen LogP contribution in [0.3, 0.4) is 0 Å². The maximum atomic E-state index is 13.6. The highest BCUT2D eigenvalue weighted by Crippen LogP contribution is 2.32. The van der Waals surface area contributed by atoms with Gasteiger partial charge in [0.2, 0.25) is 11.8 Å². The van der Waals surface area contributed by atoms with Crippen molar-refractivity contribution < 1.29 is 28.7 Å². The molecule has 10 heteroatoms. The van der Waals surface area contributed by atoms with Gasteiger partial charge in [0.15, 0.2) is 12.3 Å². The SMILES string of the molecule is COC1CCC(CCNC(=O)C2CC3C(=O)N4CCCCC4NC3[NH+](C[C@H]3CCCO3)C2N)CC1OC. The van der Waals surface area contributed by atoms with E-state index in [1.54, 1.807) is 14.2 Å². The van der Waals surface area contributed by atoms with Crippen molar-refractivity contribution in [1.82, 2.24) is 15.5 Å². The van der Waals surface area contributed by atoms with Gasteiger partial charge in [-0.05, 0) is 70.1 Å². The molecule has 37 heavy (non-hydrogen) atoms. The second kappa shape index (κ2) is 12.3. The first-order chi connectivity index (χ1) is 18.0. The zero-order valence-corrected chi connectivity index (χ0v) is 22.7. The van der Waals surface area contributed by atoms with Gasteiger partial charge in [-0.2, -0.15) is 0 Å². The second-order valence-corrected chi connectivity index (χ2v) is 11.9. The van der Waals surface area contributed by atoms with Crippen LogP contribution in [0, 0.1) is 17.8 Å². The molecule has 10 atom stereocenters. The monoisotopic (exact) mass is 522 g/mol. The molecular weight excluding hydrogens is 474 g/mol. The molecule has 4 heterocycles. The summed E-state index contributed by atoms with van der Waals surface area (Å²) in [5.41, 5.74) is 6.86. The number of nitrogens with two attached hydrogens (primary N) is 1. The van der Waals surface area contributed by atoms with Crippen molar-refractivity contribution in [2.75, 3.05) is 40.5 Å². The zero-order chi connectivity index (χ0) is 25.9. The third-order valence-electron chi connectivity index (χ3n) is 9.77. The van der Waals surface area contributed by atoms with E-state index in [4.69, 9.17) is 19.9 Å². The summed E-state index contributed by atoms with van der Waals surface area (Å²) >= 11 is 0. The molecule has 5 N–H and O–H groups in total. The van der Waals surface area contributed by atoms with Gasteiger partial charge in [-0.1, -0.05) is 0 Å². The van der Waals surface area contributed by atoms with Crippen LogP contribution >= 0.6 is 0 Å². The number of nitrogens with one attached hydrogen (secondary N) is 3. The number of ether oxygens (including phenoxy) is 3. The van der Waals surface area contributed by atoms with Crippen molar-refractivity contribution in [2.45, 2.75) is 101 Å². The van der Waals surface area contributed by atoms with Gasteiger partial charge in [0.05, 0.1) is 18.4 Å². The minimum Gasteiger partial charge on any atom is -0.379 e. The van der Waals surface area contributed by atoms with Crippen LogP contribution in [0.15, 0.2) is 0 Å². The Morgan fingerprint density at radius 3 is 2.73 bits per heavy atom. The number of fused-ring (bicyclic) bond motifs is 2. The van der Waals surface area contributed by atoms with Gasteiger partial charge in [-0.3, -0.25) is 15.3 Å². The van der Waals surface area contributed by atoms with Crippen LogP contribution in [0.5, 0.6) is 0 Å². The fourth-order valence-corrected chi connectivity index (χ4v) is 7.63. The minimum absolute atomic E-state index is 0.0155. The summed E-state index contributed by atoms with van der Waals surface area (Å²) in [6, 6.07) is 0. The van der Waals surface area contributed by atoms with Crippen molar-refractivity contribution in [3.63, 3.8) is 0 Å². The van der Waals surface area contributed by atoms with Crippen LogP contribution < -0.4 is 21.3 Å². The van der Waals surface area contributed by atoms with E-state index < -0.39 is 0 Å². The Morgan fingerprint density at radius 2 is 1.97 bits per heavy atom. The van der Waals surface area contributed by atoms with E-state index in [0.717, 1.165) is 82.4 Å². The number of carbonyl (C=O) groups excluding carboxylic acids is 2. The molecule has 0 aromatic carbocycles. The second-order valence-electron chi connectivity index (χ2n) is 11.9. The van der Waals surface area contributed by atoms with Crippen LogP contribution in [0.1, 0.15) is 64.2 Å². The summed E-state index contributed by atoms with van der Waals surface area (Å²) in [5, 5.41) is 6.97. The number of quaternary nitrogens is 1. The molecular formula is C27H48N5O5+.